The smallest absolute Gasteiger partial charge is 0.231 e. The lowest BCUT2D eigenvalue weighted by atomic mass is 10.1. The van der Waals surface area contributed by atoms with Gasteiger partial charge in [0.25, 0.3) is 0 Å². The monoisotopic (exact) mass is 210 g/mol. The van der Waals surface area contributed by atoms with Gasteiger partial charge < -0.3 is 10.1 Å². The lowest BCUT2D eigenvalue weighted by Gasteiger charge is -2.07. The van der Waals surface area contributed by atoms with E-state index in [1.54, 1.807) is 0 Å². The van der Waals surface area contributed by atoms with Gasteiger partial charge in [-0.25, -0.2) is 9.37 Å². The maximum Gasteiger partial charge on any atom is 0.231 e. The normalized spacial score (nSPS) is 20.2. The first-order valence-electron chi connectivity index (χ1n) is 4.76. The highest BCUT2D eigenvalue weighted by atomic mass is 19.1. The van der Waals surface area contributed by atoms with E-state index < -0.39 is 5.82 Å². The molecular weight excluding hydrogens is 199 g/mol. The molecule has 0 spiro atoms. The summed E-state index contributed by atoms with van der Waals surface area (Å²) in [6.45, 7) is 1.07. The van der Waals surface area contributed by atoms with Crippen LogP contribution in [0.15, 0.2) is 18.3 Å². The number of hydrogen-bond acceptors (Lipinski definition) is 3. The summed E-state index contributed by atoms with van der Waals surface area (Å²) in [6, 6.07) is 2.69. The van der Waals surface area contributed by atoms with E-state index in [4.69, 9.17) is 4.74 Å². The molecule has 5 heteroatoms. The van der Waals surface area contributed by atoms with Crippen LogP contribution in [0.2, 0.25) is 0 Å². The largest absolute Gasteiger partial charge is 0.381 e. The van der Waals surface area contributed by atoms with Crippen molar-refractivity contribution in [2.24, 2.45) is 5.92 Å². The van der Waals surface area contributed by atoms with Crippen LogP contribution in [0.25, 0.3) is 0 Å². The van der Waals surface area contributed by atoms with Gasteiger partial charge in [-0.05, 0) is 18.6 Å². The molecule has 2 heterocycles. The highest BCUT2D eigenvalue weighted by Gasteiger charge is 2.23. The van der Waals surface area contributed by atoms with Crippen LogP contribution < -0.4 is 5.32 Å². The molecule has 0 radical (unpaired) electrons. The average molecular weight is 210 g/mol. The van der Waals surface area contributed by atoms with E-state index in [1.165, 1.54) is 12.1 Å². The van der Waals surface area contributed by atoms with Gasteiger partial charge in [0.05, 0.1) is 18.7 Å². The van der Waals surface area contributed by atoms with Crippen LogP contribution in [0.3, 0.4) is 0 Å². The van der Waals surface area contributed by atoms with Gasteiger partial charge in [-0.15, -0.1) is 0 Å². The Morgan fingerprint density at radius 2 is 2.47 bits per heavy atom. The van der Waals surface area contributed by atoms with Crippen molar-refractivity contribution in [3.05, 3.63) is 24.1 Å². The van der Waals surface area contributed by atoms with Gasteiger partial charge in [-0.1, -0.05) is 0 Å². The van der Waals surface area contributed by atoms with Crippen LogP contribution in [-0.2, 0) is 9.53 Å². The zero-order valence-corrected chi connectivity index (χ0v) is 8.07. The van der Waals surface area contributed by atoms with Crippen molar-refractivity contribution in [3.63, 3.8) is 0 Å². The zero-order valence-electron chi connectivity index (χ0n) is 8.07. The molecule has 1 fully saturated rings. The van der Waals surface area contributed by atoms with Crippen LogP contribution in [-0.4, -0.2) is 24.1 Å². The Bertz CT molecular complexity index is 347. The molecule has 2 rings (SSSR count). The van der Waals surface area contributed by atoms with Crippen molar-refractivity contribution in [2.75, 3.05) is 18.5 Å². The van der Waals surface area contributed by atoms with Crippen LogP contribution in [0.5, 0.6) is 0 Å². The Morgan fingerprint density at radius 1 is 1.60 bits per heavy atom. The Labute approximate surface area is 86.5 Å². The summed E-state index contributed by atoms with van der Waals surface area (Å²) in [5, 5.41) is 2.61. The van der Waals surface area contributed by atoms with Gasteiger partial charge in [0.2, 0.25) is 5.91 Å². The molecule has 1 aromatic heterocycles. The number of anilines is 1. The van der Waals surface area contributed by atoms with E-state index in [1.807, 2.05) is 0 Å². The van der Waals surface area contributed by atoms with E-state index in [0.717, 1.165) is 12.6 Å². The number of hydrogen-bond donors (Lipinski definition) is 1. The number of ether oxygens (including phenoxy) is 1. The highest BCUT2D eigenvalue weighted by molar-refractivity contribution is 5.91. The third kappa shape index (κ3) is 2.50. The van der Waals surface area contributed by atoms with Crippen molar-refractivity contribution in [1.82, 2.24) is 4.98 Å². The van der Waals surface area contributed by atoms with Gasteiger partial charge in [0.1, 0.15) is 11.6 Å². The molecule has 15 heavy (non-hydrogen) atoms. The summed E-state index contributed by atoms with van der Waals surface area (Å²) < 4.78 is 17.6. The second-order valence-corrected chi connectivity index (χ2v) is 3.41. The first kappa shape index (κ1) is 10.0. The highest BCUT2D eigenvalue weighted by Crippen LogP contribution is 2.14. The molecule has 0 bridgehead atoms. The summed E-state index contributed by atoms with van der Waals surface area (Å²) in [6.07, 6.45) is 1.80. The van der Waals surface area contributed by atoms with Gasteiger partial charge in [-0.2, -0.15) is 0 Å². The van der Waals surface area contributed by atoms with Crippen molar-refractivity contribution in [1.29, 1.82) is 0 Å². The third-order valence-electron chi connectivity index (χ3n) is 2.28. The molecule has 1 aliphatic rings. The van der Waals surface area contributed by atoms with Crippen LogP contribution in [0.4, 0.5) is 10.2 Å². The molecule has 0 aromatic carbocycles. The molecule has 0 saturated carbocycles. The maximum absolute atomic E-state index is 12.5. The topological polar surface area (TPSA) is 51.2 Å². The Morgan fingerprint density at radius 3 is 3.07 bits per heavy atom. The molecule has 1 aromatic rings. The quantitative estimate of drug-likeness (QED) is 0.797. The van der Waals surface area contributed by atoms with Gasteiger partial charge >= 0.3 is 0 Å². The van der Waals surface area contributed by atoms with E-state index in [2.05, 4.69) is 10.3 Å². The molecule has 1 atom stereocenters. The minimum Gasteiger partial charge on any atom is -0.381 e. The van der Waals surface area contributed by atoms with E-state index >= 15 is 0 Å². The first-order chi connectivity index (χ1) is 7.25. The lowest BCUT2D eigenvalue weighted by molar-refractivity contribution is -0.119. The van der Waals surface area contributed by atoms with Crippen molar-refractivity contribution < 1.29 is 13.9 Å². The zero-order chi connectivity index (χ0) is 10.7. The molecule has 1 unspecified atom stereocenters. The van der Waals surface area contributed by atoms with Crippen molar-refractivity contribution in [3.8, 4) is 0 Å². The fourth-order valence-corrected chi connectivity index (χ4v) is 1.42. The number of amides is 1. The Balaban J connectivity index is 1.96. The molecule has 80 valence electrons. The van der Waals surface area contributed by atoms with E-state index in [-0.39, 0.29) is 11.8 Å². The first-order valence-corrected chi connectivity index (χ1v) is 4.76. The number of aromatic nitrogens is 1. The SMILES string of the molecule is O=C(Nc1ccc(F)cn1)C1CCOC1. The van der Waals surface area contributed by atoms with Crippen LogP contribution >= 0.6 is 0 Å². The molecule has 1 amide bonds. The number of halogens is 1. The fraction of sp³-hybridized carbons (Fsp3) is 0.400. The molecular formula is C10H11FN2O2. The van der Waals surface area contributed by atoms with Gasteiger partial charge in [0.15, 0.2) is 0 Å². The lowest BCUT2D eigenvalue weighted by Crippen LogP contribution is -2.23. The van der Waals surface area contributed by atoms with Crippen LogP contribution in [0, 0.1) is 11.7 Å². The Kier molecular flexibility index (Phi) is 2.91. The second kappa shape index (κ2) is 4.35. The summed E-state index contributed by atoms with van der Waals surface area (Å²) in [5.74, 6) is -0.283. The number of rotatable bonds is 2. The number of carbonyl (C=O) groups is 1. The minimum absolute atomic E-state index is 0.114. The van der Waals surface area contributed by atoms with Gasteiger partial charge in [-0.3, -0.25) is 4.79 Å². The molecule has 1 aliphatic heterocycles. The van der Waals surface area contributed by atoms with Gasteiger partial charge in [0, 0.05) is 6.61 Å². The number of pyridine rings is 1. The minimum atomic E-state index is -0.419. The molecule has 1 saturated heterocycles. The summed E-state index contributed by atoms with van der Waals surface area (Å²) in [4.78, 5) is 15.3. The van der Waals surface area contributed by atoms with Crippen molar-refractivity contribution in [2.45, 2.75) is 6.42 Å². The number of nitrogens with one attached hydrogen (secondary N) is 1. The fourth-order valence-electron chi connectivity index (χ4n) is 1.42. The number of carbonyl (C=O) groups excluding carboxylic acids is 1. The summed E-state index contributed by atoms with van der Waals surface area (Å²) >= 11 is 0. The molecule has 4 nitrogen and oxygen atoms in total. The second-order valence-electron chi connectivity index (χ2n) is 3.41. The predicted octanol–water partition coefficient (Wildman–Crippen LogP) is 1.20. The van der Waals surface area contributed by atoms with E-state index in [0.29, 0.717) is 19.0 Å². The van der Waals surface area contributed by atoms with Crippen molar-refractivity contribution >= 4 is 11.7 Å². The molecule has 0 aliphatic carbocycles. The standard InChI is InChI=1S/C10H11FN2O2/c11-8-1-2-9(12-5-8)13-10(14)7-3-4-15-6-7/h1-2,5,7H,3-4,6H2,(H,12,13,14). The predicted molar refractivity (Wildman–Crippen MR) is 51.8 cm³/mol. The molecule has 1 N–H and O–H groups in total. The average Bonchev–Trinajstić information content (AvgIpc) is 2.74. The Hall–Kier alpha value is -1.49. The maximum atomic E-state index is 12.5. The van der Waals surface area contributed by atoms with E-state index in [9.17, 15) is 9.18 Å². The van der Waals surface area contributed by atoms with Crippen LogP contribution in [0.1, 0.15) is 6.42 Å². The summed E-state index contributed by atoms with van der Waals surface area (Å²) in [5.41, 5.74) is 0. The number of nitrogens with zero attached hydrogens (tertiary/aromatic N) is 1. The summed E-state index contributed by atoms with van der Waals surface area (Å²) in [7, 11) is 0. The third-order valence-corrected chi connectivity index (χ3v) is 2.28.